The SMILES string of the molecule is COc1ccc(C=CCNC(=O)OCC2c3ccccc3-c3ccccc32)nn1. The predicted octanol–water partition coefficient (Wildman–Crippen LogP) is 4.04. The third-order valence-corrected chi connectivity index (χ3v) is 4.87. The Morgan fingerprint density at radius 1 is 1.00 bits per heavy atom. The van der Waals surface area contributed by atoms with Crippen LogP contribution in [0.25, 0.3) is 17.2 Å². The molecule has 0 atom stereocenters. The van der Waals surface area contributed by atoms with Gasteiger partial charge in [-0.15, -0.1) is 10.2 Å². The minimum atomic E-state index is -0.447. The van der Waals surface area contributed by atoms with Crippen LogP contribution in [0.5, 0.6) is 5.88 Å². The van der Waals surface area contributed by atoms with E-state index >= 15 is 0 Å². The van der Waals surface area contributed by atoms with E-state index in [9.17, 15) is 4.79 Å². The van der Waals surface area contributed by atoms with Gasteiger partial charge in [0.2, 0.25) is 5.88 Å². The summed E-state index contributed by atoms with van der Waals surface area (Å²) in [6.07, 6.45) is 3.12. The smallest absolute Gasteiger partial charge is 0.407 e. The summed E-state index contributed by atoms with van der Waals surface area (Å²) in [5.41, 5.74) is 5.49. The number of amides is 1. The van der Waals surface area contributed by atoms with Crippen LogP contribution in [-0.2, 0) is 4.74 Å². The molecule has 1 aliphatic carbocycles. The van der Waals surface area contributed by atoms with Crippen molar-refractivity contribution in [2.24, 2.45) is 0 Å². The first-order valence-corrected chi connectivity index (χ1v) is 9.39. The number of alkyl carbamates (subject to hydrolysis) is 1. The number of benzene rings is 2. The Labute approximate surface area is 169 Å². The summed E-state index contributed by atoms with van der Waals surface area (Å²) in [5.74, 6) is 0.511. The molecule has 4 rings (SSSR count). The number of aromatic nitrogens is 2. The lowest BCUT2D eigenvalue weighted by atomic mass is 9.98. The maximum Gasteiger partial charge on any atom is 0.407 e. The summed E-state index contributed by atoms with van der Waals surface area (Å²) in [4.78, 5) is 12.1. The molecule has 146 valence electrons. The van der Waals surface area contributed by atoms with Gasteiger partial charge in [0.25, 0.3) is 0 Å². The van der Waals surface area contributed by atoms with Gasteiger partial charge in [0.15, 0.2) is 0 Å². The van der Waals surface area contributed by atoms with E-state index in [-0.39, 0.29) is 5.92 Å². The number of nitrogens with one attached hydrogen (secondary N) is 1. The van der Waals surface area contributed by atoms with E-state index in [1.54, 1.807) is 24.3 Å². The number of methoxy groups -OCH3 is 1. The molecule has 1 amide bonds. The van der Waals surface area contributed by atoms with Gasteiger partial charge in [-0.25, -0.2) is 4.79 Å². The summed E-state index contributed by atoms with van der Waals surface area (Å²) in [5, 5.41) is 10.6. The van der Waals surface area contributed by atoms with Gasteiger partial charge in [0, 0.05) is 18.5 Å². The van der Waals surface area contributed by atoms with Crippen molar-refractivity contribution in [2.45, 2.75) is 5.92 Å². The Bertz CT molecular complexity index is 986. The molecule has 3 aromatic rings. The van der Waals surface area contributed by atoms with Crippen LogP contribution in [0.2, 0.25) is 0 Å². The van der Waals surface area contributed by atoms with Gasteiger partial charge in [0.05, 0.1) is 12.8 Å². The largest absolute Gasteiger partial charge is 0.480 e. The minimum Gasteiger partial charge on any atom is -0.480 e. The average Bonchev–Trinajstić information content (AvgIpc) is 3.09. The van der Waals surface area contributed by atoms with Crippen LogP contribution in [0, 0.1) is 0 Å². The highest BCUT2D eigenvalue weighted by atomic mass is 16.5. The number of rotatable bonds is 6. The van der Waals surface area contributed by atoms with Crippen molar-refractivity contribution in [1.82, 2.24) is 15.5 Å². The fraction of sp³-hybridized carbons (Fsp3) is 0.174. The second-order valence-corrected chi connectivity index (χ2v) is 6.61. The van der Waals surface area contributed by atoms with Crippen molar-refractivity contribution in [2.75, 3.05) is 20.3 Å². The van der Waals surface area contributed by atoms with Crippen molar-refractivity contribution in [3.63, 3.8) is 0 Å². The van der Waals surface area contributed by atoms with Gasteiger partial charge >= 0.3 is 6.09 Å². The van der Waals surface area contributed by atoms with Crippen LogP contribution in [0.1, 0.15) is 22.7 Å². The molecule has 1 N–H and O–H groups in total. The highest BCUT2D eigenvalue weighted by Crippen LogP contribution is 2.44. The zero-order chi connectivity index (χ0) is 20.1. The fourth-order valence-corrected chi connectivity index (χ4v) is 3.50. The van der Waals surface area contributed by atoms with Gasteiger partial charge in [0.1, 0.15) is 6.61 Å². The van der Waals surface area contributed by atoms with Gasteiger partial charge in [-0.05, 0) is 34.4 Å². The van der Waals surface area contributed by atoms with Crippen LogP contribution >= 0.6 is 0 Å². The molecule has 1 aromatic heterocycles. The predicted molar refractivity (Wildman–Crippen MR) is 111 cm³/mol. The molecule has 0 radical (unpaired) electrons. The summed E-state index contributed by atoms with van der Waals surface area (Å²) in [7, 11) is 1.54. The van der Waals surface area contributed by atoms with E-state index in [2.05, 4.69) is 39.8 Å². The number of nitrogens with zero attached hydrogens (tertiary/aromatic N) is 2. The first kappa shape index (κ1) is 18.7. The Hall–Kier alpha value is -3.67. The van der Waals surface area contributed by atoms with E-state index in [1.807, 2.05) is 24.3 Å². The Balaban J connectivity index is 1.31. The van der Waals surface area contributed by atoms with Crippen molar-refractivity contribution in [3.8, 4) is 17.0 Å². The Kier molecular flexibility index (Phi) is 5.52. The first-order chi connectivity index (χ1) is 14.3. The zero-order valence-electron chi connectivity index (χ0n) is 16.0. The molecular weight excluding hydrogens is 366 g/mol. The molecule has 0 saturated carbocycles. The van der Waals surface area contributed by atoms with Crippen LogP contribution in [0.15, 0.2) is 66.7 Å². The lowest BCUT2D eigenvalue weighted by Gasteiger charge is -2.14. The number of hydrogen-bond donors (Lipinski definition) is 1. The quantitative estimate of drug-likeness (QED) is 0.691. The summed E-state index contributed by atoms with van der Waals surface area (Å²) < 4.78 is 10.5. The molecule has 6 nitrogen and oxygen atoms in total. The molecule has 6 heteroatoms. The van der Waals surface area contributed by atoms with Gasteiger partial charge in [-0.3, -0.25) is 0 Å². The van der Waals surface area contributed by atoms with Crippen molar-refractivity contribution >= 4 is 12.2 Å². The maximum atomic E-state index is 12.1. The molecule has 1 aliphatic rings. The molecule has 0 bridgehead atoms. The van der Waals surface area contributed by atoms with E-state index in [0.717, 1.165) is 0 Å². The van der Waals surface area contributed by atoms with E-state index in [4.69, 9.17) is 9.47 Å². The van der Waals surface area contributed by atoms with Crippen LogP contribution < -0.4 is 10.1 Å². The molecule has 0 aliphatic heterocycles. The highest BCUT2D eigenvalue weighted by molar-refractivity contribution is 5.79. The normalized spacial score (nSPS) is 12.4. The number of carbonyl (C=O) groups is 1. The molecule has 0 fully saturated rings. The lowest BCUT2D eigenvalue weighted by Crippen LogP contribution is -2.26. The van der Waals surface area contributed by atoms with Crippen LogP contribution in [0.4, 0.5) is 4.79 Å². The number of ether oxygens (including phenoxy) is 2. The van der Waals surface area contributed by atoms with Crippen LogP contribution in [0.3, 0.4) is 0 Å². The van der Waals surface area contributed by atoms with E-state index in [0.29, 0.717) is 24.7 Å². The van der Waals surface area contributed by atoms with Gasteiger partial charge < -0.3 is 14.8 Å². The fourth-order valence-electron chi connectivity index (χ4n) is 3.50. The third kappa shape index (κ3) is 4.11. The molecule has 2 aromatic carbocycles. The van der Waals surface area contributed by atoms with Crippen molar-refractivity contribution in [1.29, 1.82) is 0 Å². The molecule has 0 spiro atoms. The lowest BCUT2D eigenvalue weighted by molar-refractivity contribution is 0.144. The van der Waals surface area contributed by atoms with Gasteiger partial charge in [-0.1, -0.05) is 54.6 Å². The standard InChI is InChI=1S/C23H21N3O3/c1-28-22-13-12-16(25-26-22)7-6-14-24-23(27)29-15-21-19-10-4-2-8-17(19)18-9-3-5-11-20(18)21/h2-13,21H,14-15H2,1H3,(H,24,27). The number of hydrogen-bond acceptors (Lipinski definition) is 5. The van der Waals surface area contributed by atoms with E-state index < -0.39 is 6.09 Å². The number of fused-ring (bicyclic) bond motifs is 3. The molecule has 29 heavy (non-hydrogen) atoms. The molecule has 0 saturated heterocycles. The Morgan fingerprint density at radius 2 is 1.69 bits per heavy atom. The number of carbonyl (C=O) groups excluding carboxylic acids is 1. The molecule has 1 heterocycles. The van der Waals surface area contributed by atoms with Gasteiger partial charge in [-0.2, -0.15) is 0 Å². The molecule has 0 unspecified atom stereocenters. The summed E-state index contributed by atoms with van der Waals surface area (Å²) in [6.45, 7) is 0.637. The third-order valence-electron chi connectivity index (χ3n) is 4.87. The average molecular weight is 387 g/mol. The van der Waals surface area contributed by atoms with E-state index in [1.165, 1.54) is 29.4 Å². The zero-order valence-corrected chi connectivity index (χ0v) is 16.0. The summed E-state index contributed by atoms with van der Waals surface area (Å²) >= 11 is 0. The second-order valence-electron chi connectivity index (χ2n) is 6.61. The van der Waals surface area contributed by atoms with Crippen molar-refractivity contribution < 1.29 is 14.3 Å². The second kappa shape index (κ2) is 8.56. The topological polar surface area (TPSA) is 73.3 Å². The Morgan fingerprint density at radius 3 is 2.31 bits per heavy atom. The summed E-state index contributed by atoms with van der Waals surface area (Å²) in [6, 6.07) is 20.0. The first-order valence-electron chi connectivity index (χ1n) is 9.39. The highest BCUT2D eigenvalue weighted by Gasteiger charge is 2.28. The maximum absolute atomic E-state index is 12.1. The minimum absolute atomic E-state index is 0.0539. The van der Waals surface area contributed by atoms with Crippen molar-refractivity contribution in [3.05, 3.63) is 83.6 Å². The monoisotopic (exact) mass is 387 g/mol. The van der Waals surface area contributed by atoms with Crippen LogP contribution in [-0.4, -0.2) is 36.6 Å². The molecular formula is C23H21N3O3.